The van der Waals surface area contributed by atoms with Gasteiger partial charge in [0.1, 0.15) is 5.54 Å². The summed E-state index contributed by atoms with van der Waals surface area (Å²) in [5.74, 6) is -0.893. The fourth-order valence-corrected chi connectivity index (χ4v) is 1.99. The Kier molecular flexibility index (Phi) is 4.60. The van der Waals surface area contributed by atoms with Gasteiger partial charge in [-0.05, 0) is 31.5 Å². The molecule has 1 atom stereocenters. The minimum Gasteiger partial charge on any atom is -0.467 e. The van der Waals surface area contributed by atoms with Crippen LogP contribution in [-0.4, -0.2) is 34.3 Å². The van der Waals surface area contributed by atoms with Gasteiger partial charge in [-0.15, -0.1) is 0 Å². The average molecular weight is 301 g/mol. The van der Waals surface area contributed by atoms with E-state index in [0.29, 0.717) is 6.42 Å². The van der Waals surface area contributed by atoms with Crippen molar-refractivity contribution in [1.29, 1.82) is 0 Å². The van der Waals surface area contributed by atoms with Crippen molar-refractivity contribution in [2.45, 2.75) is 25.8 Å². The number of hydrogen-bond donors (Lipinski definition) is 1. The average Bonchev–Trinajstić information content (AvgIpc) is 3.04. The van der Waals surface area contributed by atoms with Gasteiger partial charge >= 0.3 is 5.97 Å². The molecule has 0 aliphatic carbocycles. The number of ether oxygens (including phenoxy) is 1. The van der Waals surface area contributed by atoms with Crippen molar-refractivity contribution in [2.24, 2.45) is 0 Å². The molecule has 1 N–H and O–H groups in total. The zero-order chi connectivity index (χ0) is 16.2. The van der Waals surface area contributed by atoms with Gasteiger partial charge < -0.3 is 10.1 Å². The van der Waals surface area contributed by atoms with E-state index in [4.69, 9.17) is 4.74 Å². The highest BCUT2D eigenvalue weighted by Gasteiger charge is 2.34. The maximum Gasteiger partial charge on any atom is 0.331 e. The zero-order valence-electron chi connectivity index (χ0n) is 12.9. The topological polar surface area (TPSA) is 73.2 Å². The van der Waals surface area contributed by atoms with E-state index in [1.54, 1.807) is 30.8 Å². The highest BCUT2D eigenvalue weighted by atomic mass is 16.5. The molecule has 1 unspecified atom stereocenters. The molecule has 116 valence electrons. The third-order valence-electron chi connectivity index (χ3n) is 3.57. The van der Waals surface area contributed by atoms with Gasteiger partial charge in [0, 0.05) is 6.20 Å². The molecule has 0 radical (unpaired) electrons. The molecule has 1 aromatic heterocycles. The summed E-state index contributed by atoms with van der Waals surface area (Å²) in [5, 5.41) is 6.92. The van der Waals surface area contributed by atoms with E-state index in [0.717, 1.165) is 5.69 Å². The van der Waals surface area contributed by atoms with E-state index < -0.39 is 17.4 Å². The molecular weight excluding hydrogens is 282 g/mol. The number of carbonyl (C=O) groups excluding carboxylic acids is 2. The summed E-state index contributed by atoms with van der Waals surface area (Å²) < 4.78 is 6.35. The van der Waals surface area contributed by atoms with E-state index in [2.05, 4.69) is 10.4 Å². The van der Waals surface area contributed by atoms with Crippen LogP contribution in [0.15, 0.2) is 42.6 Å². The number of esters is 1. The fraction of sp³-hybridized carbons (Fsp3) is 0.312. The van der Waals surface area contributed by atoms with Crippen LogP contribution in [-0.2, 0) is 9.53 Å². The maximum atomic E-state index is 12.3. The zero-order valence-corrected chi connectivity index (χ0v) is 12.9. The van der Waals surface area contributed by atoms with Gasteiger partial charge in [0.05, 0.1) is 12.8 Å². The molecule has 1 amide bonds. The summed E-state index contributed by atoms with van der Waals surface area (Å²) in [7, 11) is 1.30. The molecule has 1 aromatic carbocycles. The molecule has 0 fully saturated rings. The summed E-state index contributed by atoms with van der Waals surface area (Å²) in [4.78, 5) is 24.1. The van der Waals surface area contributed by atoms with Crippen molar-refractivity contribution < 1.29 is 14.3 Å². The van der Waals surface area contributed by atoms with Gasteiger partial charge in [-0.2, -0.15) is 5.10 Å². The van der Waals surface area contributed by atoms with Gasteiger partial charge in [0.15, 0.2) is 5.69 Å². The Hall–Kier alpha value is -2.63. The van der Waals surface area contributed by atoms with E-state index in [9.17, 15) is 9.59 Å². The lowest BCUT2D eigenvalue weighted by molar-refractivity contribution is -0.147. The molecule has 0 saturated heterocycles. The number of benzene rings is 1. The molecule has 0 aliphatic heterocycles. The summed E-state index contributed by atoms with van der Waals surface area (Å²) in [6.45, 7) is 3.44. The maximum absolute atomic E-state index is 12.3. The number of carbonyl (C=O) groups is 2. The smallest absolute Gasteiger partial charge is 0.331 e. The fourth-order valence-electron chi connectivity index (χ4n) is 1.99. The van der Waals surface area contributed by atoms with Crippen molar-refractivity contribution >= 4 is 11.9 Å². The van der Waals surface area contributed by atoms with Crippen molar-refractivity contribution in [3.8, 4) is 5.69 Å². The Morgan fingerprint density at radius 1 is 1.27 bits per heavy atom. The number of rotatable bonds is 5. The van der Waals surface area contributed by atoms with Crippen LogP contribution in [0, 0.1) is 0 Å². The molecule has 0 aliphatic rings. The van der Waals surface area contributed by atoms with Crippen LogP contribution in [0.25, 0.3) is 5.69 Å². The number of nitrogens with one attached hydrogen (secondary N) is 1. The molecule has 1 heterocycles. The van der Waals surface area contributed by atoms with E-state index >= 15 is 0 Å². The number of aromatic nitrogens is 2. The van der Waals surface area contributed by atoms with Crippen molar-refractivity contribution in [3.05, 3.63) is 48.3 Å². The Morgan fingerprint density at radius 3 is 2.55 bits per heavy atom. The van der Waals surface area contributed by atoms with E-state index in [-0.39, 0.29) is 5.69 Å². The first-order valence-electron chi connectivity index (χ1n) is 7.02. The SMILES string of the molecule is CCC(C)(NC(=O)c1ccn(-c2ccccc2)n1)C(=O)OC. The van der Waals surface area contributed by atoms with Crippen molar-refractivity contribution in [3.63, 3.8) is 0 Å². The molecule has 22 heavy (non-hydrogen) atoms. The first-order valence-corrected chi connectivity index (χ1v) is 7.02. The molecule has 0 saturated carbocycles. The van der Waals surface area contributed by atoms with Gasteiger partial charge in [-0.3, -0.25) is 4.79 Å². The lowest BCUT2D eigenvalue weighted by atomic mass is 9.99. The van der Waals surface area contributed by atoms with Crippen LogP contribution in [0.3, 0.4) is 0 Å². The van der Waals surface area contributed by atoms with Gasteiger partial charge in [-0.1, -0.05) is 25.1 Å². The van der Waals surface area contributed by atoms with Crippen LogP contribution in [0.5, 0.6) is 0 Å². The molecule has 2 rings (SSSR count). The molecule has 6 heteroatoms. The normalized spacial score (nSPS) is 13.2. The lowest BCUT2D eigenvalue weighted by Gasteiger charge is -2.25. The molecule has 6 nitrogen and oxygen atoms in total. The predicted molar refractivity (Wildman–Crippen MR) is 81.7 cm³/mol. The van der Waals surface area contributed by atoms with Crippen molar-refractivity contribution in [2.75, 3.05) is 7.11 Å². The summed E-state index contributed by atoms with van der Waals surface area (Å²) in [6.07, 6.45) is 2.12. The van der Waals surface area contributed by atoms with Crippen LogP contribution < -0.4 is 5.32 Å². The van der Waals surface area contributed by atoms with Gasteiger partial charge in [0.25, 0.3) is 5.91 Å². The predicted octanol–water partition coefficient (Wildman–Crippen LogP) is 1.94. The first kappa shape index (κ1) is 15.8. The standard InChI is InChI=1S/C16H19N3O3/c1-4-16(2,15(21)22-3)17-14(20)13-10-11-19(18-13)12-8-6-5-7-9-12/h5-11H,4H2,1-3H3,(H,17,20). The Bertz CT molecular complexity index is 666. The van der Waals surface area contributed by atoms with Crippen molar-refractivity contribution in [1.82, 2.24) is 15.1 Å². The van der Waals surface area contributed by atoms with Crippen LogP contribution in [0.2, 0.25) is 0 Å². The second-order valence-corrected chi connectivity index (χ2v) is 5.11. The minimum absolute atomic E-state index is 0.243. The Balaban J connectivity index is 2.17. The highest BCUT2D eigenvalue weighted by Crippen LogP contribution is 2.13. The summed E-state index contributed by atoms with van der Waals surface area (Å²) in [5.41, 5.74) is 0.0303. The quantitative estimate of drug-likeness (QED) is 0.857. The van der Waals surface area contributed by atoms with E-state index in [1.165, 1.54) is 7.11 Å². The molecule has 0 bridgehead atoms. The summed E-state index contributed by atoms with van der Waals surface area (Å²) >= 11 is 0. The minimum atomic E-state index is -1.07. The van der Waals surface area contributed by atoms with Gasteiger partial charge in [0.2, 0.25) is 0 Å². The van der Waals surface area contributed by atoms with Crippen LogP contribution >= 0.6 is 0 Å². The lowest BCUT2D eigenvalue weighted by Crippen LogP contribution is -2.52. The molecule has 2 aromatic rings. The largest absolute Gasteiger partial charge is 0.467 e. The number of hydrogen-bond acceptors (Lipinski definition) is 4. The van der Waals surface area contributed by atoms with Crippen LogP contribution in [0.4, 0.5) is 0 Å². The second kappa shape index (κ2) is 6.43. The molecular formula is C16H19N3O3. The number of methoxy groups -OCH3 is 1. The molecule has 0 spiro atoms. The highest BCUT2D eigenvalue weighted by molar-refractivity contribution is 5.96. The third-order valence-corrected chi connectivity index (χ3v) is 3.57. The number of para-hydroxylation sites is 1. The first-order chi connectivity index (χ1) is 10.5. The Morgan fingerprint density at radius 2 is 1.95 bits per heavy atom. The summed E-state index contributed by atoms with van der Waals surface area (Å²) in [6, 6.07) is 11.1. The number of amides is 1. The second-order valence-electron chi connectivity index (χ2n) is 5.11. The van der Waals surface area contributed by atoms with E-state index in [1.807, 2.05) is 30.3 Å². The Labute approximate surface area is 129 Å². The third kappa shape index (κ3) is 3.16. The monoisotopic (exact) mass is 301 g/mol. The van der Waals surface area contributed by atoms with Gasteiger partial charge in [-0.25, -0.2) is 9.48 Å². The number of nitrogens with zero attached hydrogens (tertiary/aromatic N) is 2. The van der Waals surface area contributed by atoms with Crippen LogP contribution in [0.1, 0.15) is 30.8 Å².